The Bertz CT molecular complexity index is 1110. The van der Waals surface area contributed by atoms with Crippen LogP contribution in [0.3, 0.4) is 0 Å². The molecule has 1 amide bonds. The molecule has 3 aromatic rings. The quantitative estimate of drug-likeness (QED) is 0.635. The van der Waals surface area contributed by atoms with E-state index in [0.717, 1.165) is 6.42 Å². The molecule has 1 aliphatic rings. The number of hydrogen-bond donors (Lipinski definition) is 0. The summed E-state index contributed by atoms with van der Waals surface area (Å²) in [4.78, 5) is 14.4. The first-order valence-corrected chi connectivity index (χ1v) is 10.8. The highest BCUT2D eigenvalue weighted by Gasteiger charge is 2.35. The normalized spacial score (nSPS) is 16.9. The number of hydrogen-bond acceptors (Lipinski definition) is 6. The van der Waals surface area contributed by atoms with Gasteiger partial charge in [0.15, 0.2) is 0 Å². The van der Waals surface area contributed by atoms with Gasteiger partial charge in [-0.15, -0.1) is 5.10 Å². The molecule has 7 nitrogen and oxygen atoms in total. The van der Waals surface area contributed by atoms with Crippen LogP contribution in [0.5, 0.6) is 0 Å². The second-order valence-electron chi connectivity index (χ2n) is 6.81. The van der Waals surface area contributed by atoms with E-state index >= 15 is 0 Å². The second-order valence-corrected chi connectivity index (χ2v) is 8.68. The molecule has 0 bridgehead atoms. The fourth-order valence-electron chi connectivity index (χ4n) is 3.36. The van der Waals surface area contributed by atoms with Gasteiger partial charge in [-0.25, -0.2) is 12.8 Å². The Morgan fingerprint density at radius 3 is 2.55 bits per heavy atom. The molecular weight excluding hydrogens is 397 g/mol. The van der Waals surface area contributed by atoms with Gasteiger partial charge >= 0.3 is 5.22 Å². The minimum absolute atomic E-state index is 0.101. The summed E-state index contributed by atoms with van der Waals surface area (Å²) in [6.07, 6.45) is 1.36. The lowest BCUT2D eigenvalue weighted by Crippen LogP contribution is -2.30. The van der Waals surface area contributed by atoms with E-state index in [1.807, 2.05) is 6.07 Å². The Morgan fingerprint density at radius 1 is 1.10 bits per heavy atom. The second kappa shape index (κ2) is 7.75. The van der Waals surface area contributed by atoms with E-state index in [1.165, 1.54) is 24.3 Å². The van der Waals surface area contributed by atoms with Crippen LogP contribution in [0.25, 0.3) is 0 Å². The fourth-order valence-corrected chi connectivity index (χ4v) is 4.49. The molecule has 0 unspecified atom stereocenters. The van der Waals surface area contributed by atoms with E-state index in [1.54, 1.807) is 29.2 Å². The van der Waals surface area contributed by atoms with Gasteiger partial charge in [0.2, 0.25) is 15.7 Å². The Kier molecular flexibility index (Phi) is 5.14. The number of aromatic nitrogens is 2. The van der Waals surface area contributed by atoms with E-state index in [0.29, 0.717) is 24.1 Å². The van der Waals surface area contributed by atoms with Crippen molar-refractivity contribution in [2.45, 2.75) is 29.9 Å². The average molecular weight is 415 g/mol. The zero-order valence-electron chi connectivity index (χ0n) is 15.4. The molecule has 1 atom stereocenters. The standard InChI is InChI=1S/C20H18FN3O4S/c21-16-10-8-14(9-11-16)13-29(26,27)20-23-22-18(28-20)17-7-4-12-24(17)19(25)15-5-2-1-3-6-15/h1-3,5-6,8-11,17H,4,7,12-13H2/t17-/m0/s1. The molecule has 0 spiro atoms. The number of sulfone groups is 1. The van der Waals surface area contributed by atoms with Crippen LogP contribution < -0.4 is 0 Å². The van der Waals surface area contributed by atoms with Gasteiger partial charge in [-0.1, -0.05) is 35.4 Å². The highest BCUT2D eigenvalue weighted by atomic mass is 32.2. The lowest BCUT2D eigenvalue weighted by Gasteiger charge is -2.22. The van der Waals surface area contributed by atoms with Gasteiger partial charge in [-0.2, -0.15) is 0 Å². The third-order valence-electron chi connectivity index (χ3n) is 4.78. The van der Waals surface area contributed by atoms with Crippen LogP contribution in [0.4, 0.5) is 4.39 Å². The number of carbonyl (C=O) groups is 1. The third kappa shape index (κ3) is 4.04. The molecule has 9 heteroatoms. The summed E-state index contributed by atoms with van der Waals surface area (Å²) in [5.74, 6) is -0.895. The SMILES string of the molecule is O=C(c1ccccc1)N1CCC[C@H]1c1nnc(S(=O)(=O)Cc2ccc(F)cc2)o1. The third-order valence-corrected chi connectivity index (χ3v) is 6.19. The number of halogens is 1. The summed E-state index contributed by atoms with van der Waals surface area (Å²) in [7, 11) is -3.89. The van der Waals surface area contributed by atoms with Crippen molar-refractivity contribution in [1.29, 1.82) is 0 Å². The molecule has 2 heterocycles. The molecule has 2 aromatic carbocycles. The van der Waals surface area contributed by atoms with Gasteiger partial charge in [0.05, 0.1) is 5.75 Å². The van der Waals surface area contributed by atoms with Crippen LogP contribution in [0.1, 0.15) is 40.7 Å². The maximum atomic E-state index is 13.0. The van der Waals surface area contributed by atoms with Crippen molar-refractivity contribution in [2.24, 2.45) is 0 Å². The first-order valence-electron chi connectivity index (χ1n) is 9.11. The Hall–Kier alpha value is -3.07. The van der Waals surface area contributed by atoms with Crippen molar-refractivity contribution in [2.75, 3.05) is 6.54 Å². The molecule has 150 valence electrons. The Balaban J connectivity index is 1.54. The zero-order valence-corrected chi connectivity index (χ0v) is 16.2. The van der Waals surface area contributed by atoms with Gasteiger partial charge < -0.3 is 9.32 Å². The largest absolute Gasteiger partial charge is 0.410 e. The maximum Gasteiger partial charge on any atom is 0.335 e. The predicted octanol–water partition coefficient (Wildman–Crippen LogP) is 3.16. The van der Waals surface area contributed by atoms with Crippen molar-refractivity contribution in [3.05, 3.63) is 77.4 Å². The van der Waals surface area contributed by atoms with Gasteiger partial charge in [-0.05, 0) is 42.7 Å². The van der Waals surface area contributed by atoms with Gasteiger partial charge in [-0.3, -0.25) is 4.79 Å². The molecule has 0 N–H and O–H groups in total. The maximum absolute atomic E-state index is 13.0. The van der Waals surface area contributed by atoms with Crippen LogP contribution >= 0.6 is 0 Å². The summed E-state index contributed by atoms with van der Waals surface area (Å²) in [6, 6.07) is 13.5. The van der Waals surface area contributed by atoms with Gasteiger partial charge in [0, 0.05) is 12.1 Å². The first-order chi connectivity index (χ1) is 13.9. The van der Waals surface area contributed by atoms with Crippen LogP contribution in [-0.2, 0) is 15.6 Å². The van der Waals surface area contributed by atoms with Crippen molar-refractivity contribution in [3.8, 4) is 0 Å². The summed E-state index contributed by atoms with van der Waals surface area (Å²) in [6.45, 7) is 0.526. The average Bonchev–Trinajstić information content (AvgIpc) is 3.39. The van der Waals surface area contributed by atoms with Gasteiger partial charge in [0.25, 0.3) is 5.91 Å². The summed E-state index contributed by atoms with van der Waals surface area (Å²) >= 11 is 0. The number of amides is 1. The highest BCUT2D eigenvalue weighted by molar-refractivity contribution is 7.90. The molecular formula is C20H18FN3O4S. The summed E-state index contributed by atoms with van der Waals surface area (Å²) in [5.41, 5.74) is 0.955. The molecule has 0 saturated carbocycles. The highest BCUT2D eigenvalue weighted by Crippen LogP contribution is 2.33. The Labute approximate surface area is 167 Å². The molecule has 1 aliphatic heterocycles. The van der Waals surface area contributed by atoms with Crippen molar-refractivity contribution >= 4 is 15.7 Å². The monoisotopic (exact) mass is 415 g/mol. The number of carbonyl (C=O) groups excluding carboxylic acids is 1. The lowest BCUT2D eigenvalue weighted by molar-refractivity contribution is 0.0712. The molecule has 29 heavy (non-hydrogen) atoms. The minimum Gasteiger partial charge on any atom is -0.410 e. The Morgan fingerprint density at radius 2 is 1.83 bits per heavy atom. The smallest absolute Gasteiger partial charge is 0.335 e. The van der Waals surface area contributed by atoms with Crippen LogP contribution in [-0.4, -0.2) is 36.0 Å². The van der Waals surface area contributed by atoms with E-state index in [9.17, 15) is 17.6 Å². The van der Waals surface area contributed by atoms with Crippen LogP contribution in [0.15, 0.2) is 64.2 Å². The topological polar surface area (TPSA) is 93.4 Å². The molecule has 1 aromatic heterocycles. The number of rotatable bonds is 5. The summed E-state index contributed by atoms with van der Waals surface area (Å²) < 4.78 is 43.6. The minimum atomic E-state index is -3.89. The van der Waals surface area contributed by atoms with Crippen molar-refractivity contribution in [3.63, 3.8) is 0 Å². The molecule has 4 rings (SSSR count). The van der Waals surface area contributed by atoms with Gasteiger partial charge in [0.1, 0.15) is 11.9 Å². The molecule has 0 radical (unpaired) electrons. The molecule has 1 saturated heterocycles. The lowest BCUT2D eigenvalue weighted by atomic mass is 10.1. The predicted molar refractivity (Wildman–Crippen MR) is 101 cm³/mol. The van der Waals surface area contributed by atoms with E-state index in [-0.39, 0.29) is 17.6 Å². The number of benzene rings is 2. The van der Waals surface area contributed by atoms with Crippen molar-refractivity contribution in [1.82, 2.24) is 15.1 Å². The molecule has 1 fully saturated rings. The van der Waals surface area contributed by atoms with Crippen molar-refractivity contribution < 1.29 is 22.0 Å². The summed E-state index contributed by atoms with van der Waals surface area (Å²) in [5, 5.41) is 7.09. The van der Waals surface area contributed by atoms with E-state index < -0.39 is 26.9 Å². The van der Waals surface area contributed by atoms with Crippen LogP contribution in [0, 0.1) is 5.82 Å². The fraction of sp³-hybridized carbons (Fsp3) is 0.250. The number of likely N-dealkylation sites (tertiary alicyclic amines) is 1. The van der Waals surface area contributed by atoms with Crippen LogP contribution in [0.2, 0.25) is 0 Å². The zero-order chi connectivity index (χ0) is 20.4. The van der Waals surface area contributed by atoms with E-state index in [2.05, 4.69) is 10.2 Å². The first kappa shape index (κ1) is 19.3. The number of nitrogens with zero attached hydrogens (tertiary/aromatic N) is 3. The molecule has 0 aliphatic carbocycles. The van der Waals surface area contributed by atoms with E-state index in [4.69, 9.17) is 4.42 Å².